The van der Waals surface area contributed by atoms with Crippen molar-refractivity contribution < 1.29 is 17.7 Å². The highest BCUT2D eigenvalue weighted by atomic mass is 32.2. The van der Waals surface area contributed by atoms with E-state index in [1.54, 1.807) is 6.07 Å². The third-order valence-corrected chi connectivity index (χ3v) is 10.3. The number of piperidine rings is 1. The summed E-state index contributed by atoms with van der Waals surface area (Å²) < 4.78 is 34.1. The molecule has 1 unspecified atom stereocenters. The van der Waals surface area contributed by atoms with Crippen molar-refractivity contribution in [3.63, 3.8) is 0 Å². The molecule has 8 nitrogen and oxygen atoms in total. The van der Waals surface area contributed by atoms with Crippen molar-refractivity contribution in [2.45, 2.75) is 99.5 Å². The largest absolute Gasteiger partial charge is 0.360 e. The van der Waals surface area contributed by atoms with Gasteiger partial charge in [0.05, 0.1) is 5.25 Å². The van der Waals surface area contributed by atoms with Gasteiger partial charge in [-0.2, -0.15) is 4.31 Å². The number of carbonyl (C=O) groups excluding carboxylic acids is 1. The highest BCUT2D eigenvalue weighted by molar-refractivity contribution is 7.89. The van der Waals surface area contributed by atoms with Crippen molar-refractivity contribution in [2.75, 3.05) is 14.1 Å². The van der Waals surface area contributed by atoms with Crippen molar-refractivity contribution in [2.24, 2.45) is 0 Å². The van der Waals surface area contributed by atoms with E-state index >= 15 is 0 Å². The van der Waals surface area contributed by atoms with E-state index in [4.69, 9.17) is 4.52 Å². The molecule has 9 heteroatoms. The molecule has 1 aromatic rings. The second-order valence-electron chi connectivity index (χ2n) is 10.2. The van der Waals surface area contributed by atoms with Crippen LogP contribution in [0.3, 0.4) is 0 Å². The average molecular weight is 451 g/mol. The maximum atomic E-state index is 13.5. The summed E-state index contributed by atoms with van der Waals surface area (Å²) in [7, 11) is 0.849. The van der Waals surface area contributed by atoms with E-state index in [9.17, 15) is 13.2 Å². The second kappa shape index (κ2) is 8.15. The fourth-order valence-corrected chi connectivity index (χ4v) is 8.34. The number of amides is 1. The Labute approximate surface area is 184 Å². The van der Waals surface area contributed by atoms with E-state index in [2.05, 4.69) is 29.5 Å². The minimum Gasteiger partial charge on any atom is -0.360 e. The van der Waals surface area contributed by atoms with E-state index in [1.165, 1.54) is 0 Å². The van der Waals surface area contributed by atoms with Gasteiger partial charge in [0, 0.05) is 36.2 Å². The Kier molecular flexibility index (Phi) is 5.63. The second-order valence-corrected chi connectivity index (χ2v) is 12.3. The molecule has 3 heterocycles. The van der Waals surface area contributed by atoms with E-state index in [-0.39, 0.29) is 29.3 Å². The van der Waals surface area contributed by atoms with E-state index in [0.717, 1.165) is 57.1 Å². The topological polar surface area (TPSA) is 95.8 Å². The number of hydrogen-bond acceptors (Lipinski definition) is 6. The molecule has 2 saturated carbocycles. The van der Waals surface area contributed by atoms with Crippen molar-refractivity contribution in [1.29, 1.82) is 0 Å². The van der Waals surface area contributed by atoms with Gasteiger partial charge in [-0.15, -0.1) is 0 Å². The molecule has 2 aliphatic carbocycles. The van der Waals surface area contributed by atoms with Crippen LogP contribution < -0.4 is 5.32 Å². The van der Waals surface area contributed by atoms with E-state index in [0.29, 0.717) is 30.5 Å². The highest BCUT2D eigenvalue weighted by Crippen LogP contribution is 2.42. The lowest BCUT2D eigenvalue weighted by atomic mass is 9.94. The number of nitrogens with one attached hydrogen (secondary N) is 1. The number of sulfonamides is 1. The van der Waals surface area contributed by atoms with Crippen molar-refractivity contribution in [3.8, 4) is 0 Å². The minimum absolute atomic E-state index is 0.0000406. The van der Waals surface area contributed by atoms with Crippen LogP contribution in [0.25, 0.3) is 0 Å². The van der Waals surface area contributed by atoms with Gasteiger partial charge in [-0.3, -0.25) is 4.79 Å². The third-order valence-electron chi connectivity index (χ3n) is 7.83. The number of hydrogen-bond donors (Lipinski definition) is 1. The van der Waals surface area contributed by atoms with Gasteiger partial charge in [-0.1, -0.05) is 5.16 Å². The molecule has 4 aliphatic rings. The number of fused-ring (bicyclic) bond motifs is 2. The predicted molar refractivity (Wildman–Crippen MR) is 116 cm³/mol. The lowest BCUT2D eigenvalue weighted by molar-refractivity contribution is 0.0899. The Morgan fingerprint density at radius 3 is 2.29 bits per heavy atom. The van der Waals surface area contributed by atoms with Crippen LogP contribution in [0.5, 0.6) is 0 Å². The van der Waals surface area contributed by atoms with Crippen molar-refractivity contribution in [1.82, 2.24) is 19.7 Å². The Hall–Kier alpha value is -1.45. The molecule has 0 radical (unpaired) electrons. The molecule has 5 rings (SSSR count). The Morgan fingerprint density at radius 1 is 1.06 bits per heavy atom. The zero-order chi connectivity index (χ0) is 21.8. The average Bonchev–Trinajstić information content (AvgIpc) is 3.40. The van der Waals surface area contributed by atoms with Crippen molar-refractivity contribution >= 4 is 15.9 Å². The summed E-state index contributed by atoms with van der Waals surface area (Å²) in [4.78, 5) is 14.9. The van der Waals surface area contributed by atoms with Gasteiger partial charge in [0.1, 0.15) is 5.76 Å². The monoisotopic (exact) mass is 450 g/mol. The van der Waals surface area contributed by atoms with Gasteiger partial charge >= 0.3 is 0 Å². The first kappa shape index (κ1) is 21.4. The van der Waals surface area contributed by atoms with Crippen LogP contribution in [-0.4, -0.2) is 72.2 Å². The molecule has 0 aromatic carbocycles. The van der Waals surface area contributed by atoms with Crippen LogP contribution in [0.1, 0.15) is 86.4 Å². The summed E-state index contributed by atoms with van der Waals surface area (Å²) in [5, 5.41) is 6.77. The highest BCUT2D eigenvalue weighted by Gasteiger charge is 2.49. The maximum Gasteiger partial charge on any atom is 0.273 e. The van der Waals surface area contributed by atoms with Gasteiger partial charge in [-0.25, -0.2) is 8.42 Å². The molecule has 2 aliphatic heterocycles. The Balaban J connectivity index is 1.21. The predicted octanol–water partition coefficient (Wildman–Crippen LogP) is 2.48. The normalized spacial score (nSPS) is 34.2. The number of nitrogens with zero attached hydrogens (tertiary/aromatic N) is 3. The fraction of sp³-hybridized carbons (Fsp3) is 0.818. The summed E-state index contributed by atoms with van der Waals surface area (Å²) in [5.74, 6) is 1.01. The standard InChI is InChI=1S/C22H34N4O4S/c1-25(2)16-7-9-19(10-8-16)31(28,29)26-17-5-6-18(26)12-15(11-17)23-22(27)20-13-21(30-24-20)14-3-4-14/h13-19H,3-12H2,1-2H3,(H,23,27)/t15?,16?,17-,18+,19?. The molecule has 1 aromatic heterocycles. The van der Waals surface area contributed by atoms with Crippen LogP contribution in [0, 0.1) is 0 Å². The molecular weight excluding hydrogens is 416 g/mol. The van der Waals surface area contributed by atoms with Crippen molar-refractivity contribution in [3.05, 3.63) is 17.5 Å². The summed E-state index contributed by atoms with van der Waals surface area (Å²) in [6.07, 6.45) is 8.72. The first-order valence-corrected chi connectivity index (χ1v) is 13.3. The van der Waals surface area contributed by atoms with Gasteiger partial charge < -0.3 is 14.7 Å². The van der Waals surface area contributed by atoms with Gasteiger partial charge in [0.2, 0.25) is 10.0 Å². The molecule has 1 N–H and O–H groups in total. The van der Waals surface area contributed by atoms with E-state index in [1.807, 2.05) is 4.31 Å². The van der Waals surface area contributed by atoms with E-state index < -0.39 is 10.0 Å². The molecular formula is C22H34N4O4S. The summed E-state index contributed by atoms with van der Waals surface area (Å²) in [5.41, 5.74) is 0.335. The van der Waals surface area contributed by atoms with Gasteiger partial charge in [-0.05, 0) is 78.3 Å². The maximum absolute atomic E-state index is 13.5. The molecule has 1 amide bonds. The minimum atomic E-state index is -3.30. The molecule has 3 atom stereocenters. The van der Waals surface area contributed by atoms with Crippen LogP contribution in [-0.2, 0) is 10.0 Å². The first-order chi connectivity index (χ1) is 14.8. The molecule has 4 fully saturated rings. The molecule has 31 heavy (non-hydrogen) atoms. The first-order valence-electron chi connectivity index (χ1n) is 11.8. The number of rotatable bonds is 6. The van der Waals surface area contributed by atoms with Gasteiger partial charge in [0.25, 0.3) is 5.91 Å². The smallest absolute Gasteiger partial charge is 0.273 e. The molecule has 172 valence electrons. The Bertz CT molecular complexity index is 904. The molecule has 2 saturated heterocycles. The Morgan fingerprint density at radius 2 is 1.71 bits per heavy atom. The van der Waals surface area contributed by atoms with Crippen LogP contribution >= 0.6 is 0 Å². The lowest BCUT2D eigenvalue weighted by Crippen LogP contribution is -2.55. The summed E-state index contributed by atoms with van der Waals surface area (Å²) in [6.45, 7) is 0. The fourth-order valence-electron chi connectivity index (χ4n) is 5.91. The lowest BCUT2D eigenvalue weighted by Gasteiger charge is -2.41. The van der Waals surface area contributed by atoms with Crippen LogP contribution in [0.4, 0.5) is 0 Å². The number of aromatic nitrogens is 1. The zero-order valence-corrected chi connectivity index (χ0v) is 19.3. The molecule has 0 spiro atoms. The van der Waals surface area contributed by atoms with Gasteiger partial charge in [0.15, 0.2) is 5.69 Å². The quantitative estimate of drug-likeness (QED) is 0.715. The van der Waals surface area contributed by atoms with Crippen LogP contribution in [0.15, 0.2) is 10.6 Å². The molecule has 2 bridgehead atoms. The third kappa shape index (κ3) is 4.16. The summed E-state index contributed by atoms with van der Waals surface area (Å²) in [6, 6.07) is 2.23. The summed E-state index contributed by atoms with van der Waals surface area (Å²) >= 11 is 0. The zero-order valence-electron chi connectivity index (χ0n) is 18.5. The van der Waals surface area contributed by atoms with Crippen LogP contribution in [0.2, 0.25) is 0 Å². The number of carbonyl (C=O) groups is 1. The SMILES string of the molecule is CN(C)C1CCC(S(=O)(=O)N2[C@@H]3CC[C@H]2CC(NC(=O)c2cc(C4CC4)on2)C3)CC1.